The van der Waals surface area contributed by atoms with Gasteiger partial charge in [-0.3, -0.25) is 4.79 Å². The Balaban J connectivity index is 1.17. The van der Waals surface area contributed by atoms with Gasteiger partial charge in [0.05, 0.1) is 18.3 Å². The van der Waals surface area contributed by atoms with E-state index < -0.39 is 0 Å². The number of carbonyl (C=O) groups is 1. The van der Waals surface area contributed by atoms with Crippen molar-refractivity contribution < 1.29 is 4.79 Å². The smallest absolute Gasteiger partial charge is 0.273 e. The van der Waals surface area contributed by atoms with Gasteiger partial charge in [0, 0.05) is 13.1 Å². The Morgan fingerprint density at radius 1 is 0.903 bits per heavy atom. The fraction of sp³-hybridized carbons (Fsp3) is 0.174. The maximum absolute atomic E-state index is 12.4. The largest absolute Gasteiger partial charge is 0.351 e. The lowest BCUT2D eigenvalue weighted by molar-refractivity contribution is 0.0947. The zero-order valence-corrected chi connectivity index (χ0v) is 16.8. The first kappa shape index (κ1) is 18.9. The van der Waals surface area contributed by atoms with Gasteiger partial charge in [-0.2, -0.15) is 0 Å². The summed E-state index contributed by atoms with van der Waals surface area (Å²) < 4.78 is 3.54. The maximum Gasteiger partial charge on any atom is 0.273 e. The summed E-state index contributed by atoms with van der Waals surface area (Å²) in [7, 11) is 0. The van der Waals surface area contributed by atoms with Gasteiger partial charge in [0.15, 0.2) is 5.69 Å². The van der Waals surface area contributed by atoms with E-state index in [0.29, 0.717) is 25.3 Å². The van der Waals surface area contributed by atoms with Crippen LogP contribution in [0.1, 0.15) is 22.5 Å². The summed E-state index contributed by atoms with van der Waals surface area (Å²) in [5.74, 6) is -0.229. The molecule has 0 spiro atoms. The third-order valence-electron chi connectivity index (χ3n) is 5.24. The van der Waals surface area contributed by atoms with E-state index in [2.05, 4.69) is 50.2 Å². The second-order valence-electron chi connectivity index (χ2n) is 7.35. The molecule has 5 aromatic rings. The molecular formula is C23H21N7O. The van der Waals surface area contributed by atoms with Crippen LogP contribution in [0.5, 0.6) is 0 Å². The maximum atomic E-state index is 12.4. The van der Waals surface area contributed by atoms with Crippen molar-refractivity contribution in [2.75, 3.05) is 6.54 Å². The molecule has 154 valence electrons. The number of benzene rings is 3. The molecule has 0 radical (unpaired) electrons. The normalized spacial score (nSPS) is 11.2. The van der Waals surface area contributed by atoms with E-state index >= 15 is 0 Å². The van der Waals surface area contributed by atoms with Gasteiger partial charge in [-0.15, -0.1) is 10.2 Å². The Morgan fingerprint density at radius 2 is 1.74 bits per heavy atom. The number of rotatable bonds is 7. The molecule has 0 atom stereocenters. The monoisotopic (exact) mass is 411 g/mol. The van der Waals surface area contributed by atoms with E-state index in [4.69, 9.17) is 0 Å². The molecular weight excluding hydrogens is 390 g/mol. The zero-order chi connectivity index (χ0) is 21.0. The molecule has 2 aromatic heterocycles. The van der Waals surface area contributed by atoms with Gasteiger partial charge in [-0.05, 0) is 34.9 Å². The van der Waals surface area contributed by atoms with Crippen molar-refractivity contribution in [2.24, 2.45) is 0 Å². The number of carbonyl (C=O) groups excluding carboxylic acids is 1. The minimum atomic E-state index is -0.229. The van der Waals surface area contributed by atoms with Crippen molar-refractivity contribution in [3.63, 3.8) is 0 Å². The van der Waals surface area contributed by atoms with Crippen LogP contribution >= 0.6 is 0 Å². The minimum absolute atomic E-state index is 0.229. The SMILES string of the molecule is O=C(NCCCn1nnc2ccccc21)c1cn(Cc2cccc3ccccc23)nn1. The van der Waals surface area contributed by atoms with Crippen LogP contribution in [0.2, 0.25) is 0 Å². The van der Waals surface area contributed by atoms with Crippen molar-refractivity contribution >= 4 is 27.7 Å². The number of hydrogen-bond acceptors (Lipinski definition) is 5. The van der Waals surface area contributed by atoms with E-state index in [-0.39, 0.29) is 5.91 Å². The first-order chi connectivity index (χ1) is 15.3. The third kappa shape index (κ3) is 4.00. The molecule has 8 nitrogen and oxygen atoms in total. The average molecular weight is 411 g/mol. The van der Waals surface area contributed by atoms with Crippen molar-refractivity contribution in [3.05, 3.63) is 84.2 Å². The van der Waals surface area contributed by atoms with E-state index in [1.165, 1.54) is 10.8 Å². The van der Waals surface area contributed by atoms with E-state index in [1.807, 2.05) is 47.1 Å². The fourth-order valence-electron chi connectivity index (χ4n) is 3.69. The molecule has 31 heavy (non-hydrogen) atoms. The Kier molecular flexibility index (Phi) is 5.10. The van der Waals surface area contributed by atoms with E-state index in [0.717, 1.165) is 23.0 Å². The number of hydrogen-bond donors (Lipinski definition) is 1. The highest BCUT2D eigenvalue weighted by Crippen LogP contribution is 2.19. The van der Waals surface area contributed by atoms with E-state index in [9.17, 15) is 4.79 Å². The molecule has 0 saturated carbocycles. The van der Waals surface area contributed by atoms with Gasteiger partial charge in [0.2, 0.25) is 0 Å². The van der Waals surface area contributed by atoms with Crippen LogP contribution < -0.4 is 5.32 Å². The molecule has 0 bridgehead atoms. The van der Waals surface area contributed by atoms with Crippen molar-refractivity contribution in [1.82, 2.24) is 35.3 Å². The number of aromatic nitrogens is 6. The third-order valence-corrected chi connectivity index (χ3v) is 5.24. The second kappa shape index (κ2) is 8.35. The first-order valence-electron chi connectivity index (χ1n) is 10.2. The van der Waals surface area contributed by atoms with Crippen LogP contribution in [0.3, 0.4) is 0 Å². The predicted octanol–water partition coefficient (Wildman–Crippen LogP) is 3.04. The number of fused-ring (bicyclic) bond motifs is 2. The van der Waals surface area contributed by atoms with Crippen LogP contribution in [0.15, 0.2) is 72.9 Å². The number of amides is 1. The van der Waals surface area contributed by atoms with Crippen LogP contribution in [-0.4, -0.2) is 42.4 Å². The fourth-order valence-corrected chi connectivity index (χ4v) is 3.69. The molecule has 0 saturated heterocycles. The topological polar surface area (TPSA) is 90.5 Å². The predicted molar refractivity (Wildman–Crippen MR) is 118 cm³/mol. The van der Waals surface area contributed by atoms with Crippen molar-refractivity contribution in [1.29, 1.82) is 0 Å². The summed E-state index contributed by atoms with van der Waals surface area (Å²) in [5.41, 5.74) is 3.31. The van der Waals surface area contributed by atoms with Gasteiger partial charge in [-0.25, -0.2) is 9.36 Å². The second-order valence-corrected chi connectivity index (χ2v) is 7.35. The highest BCUT2D eigenvalue weighted by molar-refractivity contribution is 5.91. The standard InChI is InChI=1S/C23H21N7O/c31-23(24-13-6-14-30-22-12-4-3-11-20(22)25-28-30)21-16-29(27-26-21)15-18-9-5-8-17-7-1-2-10-19(17)18/h1-5,7-12,16H,6,13-15H2,(H,24,31). The summed E-state index contributed by atoms with van der Waals surface area (Å²) in [4.78, 5) is 12.4. The molecule has 8 heteroatoms. The van der Waals surface area contributed by atoms with Crippen LogP contribution in [-0.2, 0) is 13.1 Å². The van der Waals surface area contributed by atoms with Crippen LogP contribution in [0, 0.1) is 0 Å². The molecule has 0 fully saturated rings. The lowest BCUT2D eigenvalue weighted by atomic mass is 10.0. The molecule has 5 rings (SSSR count). The minimum Gasteiger partial charge on any atom is -0.351 e. The van der Waals surface area contributed by atoms with Gasteiger partial charge < -0.3 is 5.32 Å². The molecule has 0 aliphatic rings. The molecule has 2 heterocycles. The van der Waals surface area contributed by atoms with Gasteiger partial charge in [0.25, 0.3) is 5.91 Å². The summed E-state index contributed by atoms with van der Waals surface area (Å²) in [5, 5.41) is 21.7. The first-order valence-corrected chi connectivity index (χ1v) is 10.2. The lowest BCUT2D eigenvalue weighted by Gasteiger charge is -2.06. The summed E-state index contributed by atoms with van der Waals surface area (Å²) in [6, 6.07) is 22.2. The molecule has 0 aliphatic heterocycles. The van der Waals surface area contributed by atoms with Crippen molar-refractivity contribution in [3.8, 4) is 0 Å². The van der Waals surface area contributed by atoms with Gasteiger partial charge in [-0.1, -0.05) is 65.0 Å². The molecule has 1 N–H and O–H groups in total. The van der Waals surface area contributed by atoms with Crippen molar-refractivity contribution in [2.45, 2.75) is 19.5 Å². The van der Waals surface area contributed by atoms with Crippen LogP contribution in [0.4, 0.5) is 0 Å². The average Bonchev–Trinajstić information content (AvgIpc) is 3.44. The van der Waals surface area contributed by atoms with Gasteiger partial charge in [0.1, 0.15) is 5.52 Å². The van der Waals surface area contributed by atoms with Crippen LogP contribution in [0.25, 0.3) is 21.8 Å². The number of aryl methyl sites for hydroxylation is 1. The molecule has 3 aromatic carbocycles. The zero-order valence-electron chi connectivity index (χ0n) is 16.8. The number of nitrogens with zero attached hydrogens (tertiary/aromatic N) is 6. The Labute approximate surface area is 178 Å². The van der Waals surface area contributed by atoms with E-state index in [1.54, 1.807) is 10.9 Å². The highest BCUT2D eigenvalue weighted by Gasteiger charge is 2.11. The highest BCUT2D eigenvalue weighted by atomic mass is 16.2. The summed E-state index contributed by atoms with van der Waals surface area (Å²) >= 11 is 0. The number of nitrogens with one attached hydrogen (secondary N) is 1. The quantitative estimate of drug-likeness (QED) is 0.416. The Bertz CT molecular complexity index is 1350. The number of para-hydroxylation sites is 1. The lowest BCUT2D eigenvalue weighted by Crippen LogP contribution is -2.25. The van der Waals surface area contributed by atoms with Gasteiger partial charge >= 0.3 is 0 Å². The summed E-state index contributed by atoms with van der Waals surface area (Å²) in [6.45, 7) is 1.75. The molecule has 1 amide bonds. The Morgan fingerprint density at radius 3 is 2.71 bits per heavy atom. The molecule has 0 aliphatic carbocycles. The summed E-state index contributed by atoms with van der Waals surface area (Å²) in [6.07, 6.45) is 2.42. The molecule has 0 unspecified atom stereocenters. The Hall–Kier alpha value is -4.07.